The Kier molecular flexibility index (Phi) is 9.71. The molecule has 24 heavy (non-hydrogen) atoms. The predicted molar refractivity (Wildman–Crippen MR) is 102 cm³/mol. The molecule has 2 atom stereocenters. The second-order valence-electron chi connectivity index (χ2n) is 6.13. The maximum Gasteiger partial charge on any atom is 0.0555 e. The lowest BCUT2D eigenvalue weighted by Crippen LogP contribution is -2.45. The third kappa shape index (κ3) is 5.94. The summed E-state index contributed by atoms with van der Waals surface area (Å²) in [5.41, 5.74) is 9.16. The topological polar surface area (TPSA) is 93.8 Å². The van der Waals surface area contributed by atoms with Gasteiger partial charge in [-0.05, 0) is 57.5 Å². The minimum Gasteiger partial charge on any atom is -0.399 e. The second-order valence-corrected chi connectivity index (χ2v) is 6.13. The number of nitrogen functional groups attached to an aromatic ring is 1. The zero-order valence-electron chi connectivity index (χ0n) is 15.3. The Labute approximate surface area is 146 Å². The number of aliphatic hydroxyl groups excluding tert-OH is 2. The fourth-order valence-electron chi connectivity index (χ4n) is 3.19. The number of rotatable bonds is 7. The van der Waals surface area contributed by atoms with Gasteiger partial charge in [0.2, 0.25) is 0 Å². The average Bonchev–Trinajstić information content (AvgIpc) is 2.94. The molecule has 0 amide bonds. The molecule has 1 fully saturated rings. The van der Waals surface area contributed by atoms with Crippen LogP contribution < -0.4 is 21.3 Å². The van der Waals surface area contributed by atoms with Gasteiger partial charge in [-0.25, -0.2) is 0 Å². The standard InChI is InChI=1S/C16H28N4O.C2H6O/c1-12-9-13(5-6-16(12)17)20-14(10-18-2)3-4-15(20)11-19-7-8-21;1-2-3/h5-6,9,14-15,18-19,21H,3-4,7-8,10-11,17H2,1-2H3;3H,2H2,1H3. The summed E-state index contributed by atoms with van der Waals surface area (Å²) in [6.07, 6.45) is 2.37. The lowest BCUT2D eigenvalue weighted by atomic mass is 10.1. The Balaban J connectivity index is 0.000000891. The third-order valence-electron chi connectivity index (χ3n) is 4.28. The first-order chi connectivity index (χ1) is 11.6. The van der Waals surface area contributed by atoms with Gasteiger partial charge in [0.1, 0.15) is 0 Å². The molecule has 1 aromatic rings. The Morgan fingerprint density at radius 2 is 1.83 bits per heavy atom. The predicted octanol–water partition coefficient (Wildman–Crippen LogP) is 0.715. The zero-order valence-corrected chi connectivity index (χ0v) is 15.3. The van der Waals surface area contributed by atoms with Gasteiger partial charge >= 0.3 is 0 Å². The van der Waals surface area contributed by atoms with E-state index in [1.807, 2.05) is 13.1 Å². The van der Waals surface area contributed by atoms with Crippen molar-refractivity contribution in [3.8, 4) is 0 Å². The van der Waals surface area contributed by atoms with Gasteiger partial charge in [0, 0.05) is 49.7 Å². The lowest BCUT2D eigenvalue weighted by molar-refractivity contribution is 0.291. The lowest BCUT2D eigenvalue weighted by Gasteiger charge is -2.33. The smallest absolute Gasteiger partial charge is 0.0555 e. The molecule has 1 heterocycles. The minimum atomic E-state index is 0.188. The fraction of sp³-hybridized carbons (Fsp3) is 0.667. The monoisotopic (exact) mass is 338 g/mol. The molecule has 1 aliphatic rings. The van der Waals surface area contributed by atoms with E-state index >= 15 is 0 Å². The maximum atomic E-state index is 8.93. The van der Waals surface area contributed by atoms with Crippen LogP contribution in [0.4, 0.5) is 11.4 Å². The molecule has 0 bridgehead atoms. The number of anilines is 2. The molecule has 0 saturated carbocycles. The molecule has 2 unspecified atom stereocenters. The molecule has 6 N–H and O–H groups in total. The molecule has 1 aromatic carbocycles. The van der Waals surface area contributed by atoms with Crippen molar-refractivity contribution in [2.45, 2.75) is 38.8 Å². The van der Waals surface area contributed by atoms with Crippen LogP contribution in [0.15, 0.2) is 18.2 Å². The van der Waals surface area contributed by atoms with E-state index in [4.69, 9.17) is 15.9 Å². The quantitative estimate of drug-likeness (QED) is 0.371. The number of aryl methyl sites for hydroxylation is 1. The van der Waals surface area contributed by atoms with Gasteiger partial charge in [-0.1, -0.05) is 0 Å². The van der Waals surface area contributed by atoms with Crippen LogP contribution in [0.1, 0.15) is 25.3 Å². The number of aliphatic hydroxyl groups is 2. The highest BCUT2D eigenvalue weighted by Crippen LogP contribution is 2.31. The number of hydrogen-bond acceptors (Lipinski definition) is 6. The van der Waals surface area contributed by atoms with E-state index in [9.17, 15) is 0 Å². The summed E-state index contributed by atoms with van der Waals surface area (Å²) in [5, 5.41) is 23.1. The van der Waals surface area contributed by atoms with Crippen LogP contribution in [0, 0.1) is 6.92 Å². The Morgan fingerprint density at radius 3 is 2.38 bits per heavy atom. The summed E-state index contributed by atoms with van der Waals surface area (Å²) in [7, 11) is 2.00. The van der Waals surface area contributed by atoms with Crippen molar-refractivity contribution in [2.24, 2.45) is 0 Å². The van der Waals surface area contributed by atoms with Crippen molar-refractivity contribution in [1.82, 2.24) is 10.6 Å². The first-order valence-corrected chi connectivity index (χ1v) is 8.80. The molecule has 138 valence electrons. The number of nitrogens with one attached hydrogen (secondary N) is 2. The highest BCUT2D eigenvalue weighted by Gasteiger charge is 2.32. The van der Waals surface area contributed by atoms with Crippen LogP contribution in [0.25, 0.3) is 0 Å². The summed E-state index contributed by atoms with van der Waals surface area (Å²) < 4.78 is 0. The van der Waals surface area contributed by atoms with Crippen molar-refractivity contribution < 1.29 is 10.2 Å². The van der Waals surface area contributed by atoms with E-state index in [0.29, 0.717) is 18.6 Å². The largest absolute Gasteiger partial charge is 0.399 e. The molecule has 0 radical (unpaired) electrons. The van der Waals surface area contributed by atoms with Gasteiger partial charge < -0.3 is 31.5 Å². The van der Waals surface area contributed by atoms with Gasteiger partial charge in [-0.2, -0.15) is 0 Å². The third-order valence-corrected chi connectivity index (χ3v) is 4.28. The van der Waals surface area contributed by atoms with E-state index in [1.165, 1.54) is 18.5 Å². The Hall–Kier alpha value is -1.34. The maximum absolute atomic E-state index is 8.93. The van der Waals surface area contributed by atoms with Crippen molar-refractivity contribution in [2.75, 3.05) is 50.5 Å². The van der Waals surface area contributed by atoms with E-state index < -0.39 is 0 Å². The molecule has 1 aliphatic heterocycles. The SMILES string of the molecule is CCO.CNCC1CCC(CNCCO)N1c1ccc(N)c(C)c1. The van der Waals surface area contributed by atoms with E-state index in [2.05, 4.69) is 34.6 Å². The van der Waals surface area contributed by atoms with Crippen LogP contribution in [-0.2, 0) is 0 Å². The summed E-state index contributed by atoms with van der Waals surface area (Å²) in [6, 6.07) is 7.28. The Bertz CT molecular complexity index is 470. The van der Waals surface area contributed by atoms with E-state index in [0.717, 1.165) is 24.3 Å². The van der Waals surface area contributed by atoms with Crippen LogP contribution in [0.2, 0.25) is 0 Å². The summed E-state index contributed by atoms with van der Waals surface area (Å²) in [4.78, 5) is 2.51. The van der Waals surface area contributed by atoms with Crippen molar-refractivity contribution in [3.63, 3.8) is 0 Å². The fourth-order valence-corrected chi connectivity index (χ4v) is 3.19. The molecule has 6 heteroatoms. The number of hydrogen-bond donors (Lipinski definition) is 5. The normalized spacial score (nSPS) is 20.0. The van der Waals surface area contributed by atoms with Gasteiger partial charge in [0.25, 0.3) is 0 Å². The van der Waals surface area contributed by atoms with Crippen LogP contribution in [0.3, 0.4) is 0 Å². The number of nitrogens with zero attached hydrogens (tertiary/aromatic N) is 1. The second kappa shape index (κ2) is 11.3. The molecule has 6 nitrogen and oxygen atoms in total. The molecular weight excluding hydrogens is 304 g/mol. The zero-order chi connectivity index (χ0) is 17.9. The van der Waals surface area contributed by atoms with Crippen molar-refractivity contribution in [3.05, 3.63) is 23.8 Å². The summed E-state index contributed by atoms with van der Waals surface area (Å²) in [6.45, 7) is 6.72. The van der Waals surface area contributed by atoms with Gasteiger partial charge in [0.05, 0.1) is 6.61 Å². The van der Waals surface area contributed by atoms with Crippen molar-refractivity contribution in [1.29, 1.82) is 0 Å². The number of benzene rings is 1. The number of likely N-dealkylation sites (N-methyl/N-ethyl adjacent to an activating group) is 1. The van der Waals surface area contributed by atoms with Crippen LogP contribution in [-0.4, -0.2) is 62.2 Å². The first-order valence-electron chi connectivity index (χ1n) is 8.80. The molecular formula is C18H34N4O2. The van der Waals surface area contributed by atoms with Gasteiger partial charge in [0.15, 0.2) is 0 Å². The molecule has 2 rings (SSSR count). The molecule has 1 saturated heterocycles. The van der Waals surface area contributed by atoms with Crippen LogP contribution >= 0.6 is 0 Å². The number of nitrogens with two attached hydrogens (primary N) is 1. The Morgan fingerprint density at radius 1 is 1.21 bits per heavy atom. The van der Waals surface area contributed by atoms with Gasteiger partial charge in [-0.15, -0.1) is 0 Å². The van der Waals surface area contributed by atoms with Crippen LogP contribution in [0.5, 0.6) is 0 Å². The van der Waals surface area contributed by atoms with E-state index in [-0.39, 0.29) is 13.2 Å². The first kappa shape index (κ1) is 20.7. The minimum absolute atomic E-state index is 0.188. The molecule has 0 aromatic heterocycles. The molecule has 0 spiro atoms. The highest BCUT2D eigenvalue weighted by molar-refractivity contribution is 5.59. The summed E-state index contributed by atoms with van der Waals surface area (Å²) in [5.74, 6) is 0. The molecule has 0 aliphatic carbocycles. The highest BCUT2D eigenvalue weighted by atomic mass is 16.3. The summed E-state index contributed by atoms with van der Waals surface area (Å²) >= 11 is 0. The van der Waals surface area contributed by atoms with Crippen molar-refractivity contribution >= 4 is 11.4 Å². The van der Waals surface area contributed by atoms with Gasteiger partial charge in [-0.3, -0.25) is 0 Å². The average molecular weight is 338 g/mol. The van der Waals surface area contributed by atoms with E-state index in [1.54, 1.807) is 6.92 Å².